The van der Waals surface area contributed by atoms with Crippen LogP contribution in [0.3, 0.4) is 0 Å². The van der Waals surface area contributed by atoms with E-state index in [1.807, 2.05) is 13.0 Å². The van der Waals surface area contributed by atoms with Crippen molar-refractivity contribution in [3.05, 3.63) is 24.3 Å². The highest BCUT2D eigenvalue weighted by atomic mass is 16.5. The zero-order valence-corrected chi connectivity index (χ0v) is 10.6. The van der Waals surface area contributed by atoms with Gasteiger partial charge in [-0.05, 0) is 39.5 Å². The zero-order valence-electron chi connectivity index (χ0n) is 10.6. The Balaban J connectivity index is 3.23. The van der Waals surface area contributed by atoms with Gasteiger partial charge in [-0.25, -0.2) is 4.79 Å². The van der Waals surface area contributed by atoms with Gasteiger partial charge in [0, 0.05) is 6.08 Å². The third-order valence-electron chi connectivity index (χ3n) is 2.27. The van der Waals surface area contributed by atoms with Gasteiger partial charge in [0.1, 0.15) is 0 Å². The van der Waals surface area contributed by atoms with E-state index in [0.717, 1.165) is 12.8 Å². The molecule has 92 valence electrons. The molecule has 0 spiro atoms. The molecule has 0 radical (unpaired) electrons. The fourth-order valence-corrected chi connectivity index (χ4v) is 1.41. The minimum Gasteiger partial charge on any atom is -0.463 e. The van der Waals surface area contributed by atoms with E-state index in [1.165, 1.54) is 31.8 Å². The molecule has 0 saturated carbocycles. The van der Waals surface area contributed by atoms with Gasteiger partial charge >= 0.3 is 5.97 Å². The summed E-state index contributed by atoms with van der Waals surface area (Å²) in [4.78, 5) is 10.9. The molecule has 0 fully saturated rings. The summed E-state index contributed by atoms with van der Waals surface area (Å²) in [6, 6.07) is 0. The molecule has 0 bridgehead atoms. The Morgan fingerprint density at radius 3 is 2.25 bits per heavy atom. The lowest BCUT2D eigenvalue weighted by Gasteiger charge is -1.97. The molecule has 0 N–H and O–H groups in total. The first kappa shape index (κ1) is 14.9. The second kappa shape index (κ2) is 12.0. The molecule has 0 aliphatic carbocycles. The van der Waals surface area contributed by atoms with Crippen LogP contribution in [0.5, 0.6) is 0 Å². The lowest BCUT2D eigenvalue weighted by atomic mass is 10.1. The van der Waals surface area contributed by atoms with Gasteiger partial charge in [-0.3, -0.25) is 0 Å². The van der Waals surface area contributed by atoms with Crippen LogP contribution in [-0.2, 0) is 9.53 Å². The summed E-state index contributed by atoms with van der Waals surface area (Å²) in [5.74, 6) is -0.226. The van der Waals surface area contributed by atoms with Crippen molar-refractivity contribution >= 4 is 5.97 Å². The number of carbonyl (C=O) groups is 1. The van der Waals surface area contributed by atoms with E-state index in [-0.39, 0.29) is 5.97 Å². The van der Waals surface area contributed by atoms with Crippen LogP contribution in [0.25, 0.3) is 0 Å². The van der Waals surface area contributed by atoms with E-state index in [4.69, 9.17) is 4.74 Å². The number of carbonyl (C=O) groups excluding carboxylic acids is 1. The van der Waals surface area contributed by atoms with Crippen LogP contribution in [-0.4, -0.2) is 12.6 Å². The number of unbranched alkanes of at least 4 members (excludes halogenated alkanes) is 5. The topological polar surface area (TPSA) is 26.3 Å². The van der Waals surface area contributed by atoms with E-state index >= 15 is 0 Å². The molecule has 0 aromatic carbocycles. The minimum absolute atomic E-state index is 0.226. The highest BCUT2D eigenvalue weighted by molar-refractivity contribution is 5.81. The molecule has 2 heteroatoms. The van der Waals surface area contributed by atoms with Crippen molar-refractivity contribution in [1.29, 1.82) is 0 Å². The molecule has 0 aromatic rings. The fraction of sp³-hybridized carbons (Fsp3) is 0.643. The molecular formula is C14H24O2. The van der Waals surface area contributed by atoms with E-state index in [9.17, 15) is 4.79 Å². The molecule has 0 saturated heterocycles. The maximum Gasteiger partial charge on any atom is 0.330 e. The Bertz CT molecular complexity index is 217. The predicted octanol–water partition coefficient (Wildman–Crippen LogP) is 4.02. The van der Waals surface area contributed by atoms with Crippen molar-refractivity contribution in [2.24, 2.45) is 0 Å². The van der Waals surface area contributed by atoms with E-state index < -0.39 is 0 Å². The Labute approximate surface area is 99.4 Å². The number of hydrogen-bond acceptors (Lipinski definition) is 2. The lowest BCUT2D eigenvalue weighted by molar-refractivity contribution is -0.137. The highest BCUT2D eigenvalue weighted by Gasteiger charge is 1.92. The van der Waals surface area contributed by atoms with Crippen LogP contribution >= 0.6 is 0 Å². The summed E-state index contributed by atoms with van der Waals surface area (Å²) in [6.45, 7) is 4.32. The molecule has 0 unspecified atom stereocenters. The average Bonchev–Trinajstić information content (AvgIpc) is 2.27. The summed E-state index contributed by atoms with van der Waals surface area (Å²) >= 11 is 0. The molecular weight excluding hydrogens is 200 g/mol. The SMILES string of the molecule is CC=CCCCCCCC=CC(=O)OCC. The van der Waals surface area contributed by atoms with Crippen molar-refractivity contribution in [1.82, 2.24) is 0 Å². The number of hydrogen-bond donors (Lipinski definition) is 0. The van der Waals surface area contributed by atoms with Gasteiger partial charge < -0.3 is 4.74 Å². The largest absolute Gasteiger partial charge is 0.463 e. The van der Waals surface area contributed by atoms with Gasteiger partial charge in [0.05, 0.1) is 6.61 Å². The second-order valence-corrected chi connectivity index (χ2v) is 3.72. The van der Waals surface area contributed by atoms with Gasteiger partial charge in [-0.1, -0.05) is 31.1 Å². The molecule has 0 rings (SSSR count). The van der Waals surface area contributed by atoms with Crippen LogP contribution < -0.4 is 0 Å². The predicted molar refractivity (Wildman–Crippen MR) is 68.3 cm³/mol. The summed E-state index contributed by atoms with van der Waals surface area (Å²) < 4.78 is 4.78. The number of rotatable bonds is 9. The van der Waals surface area contributed by atoms with E-state index in [0.29, 0.717) is 6.61 Å². The highest BCUT2D eigenvalue weighted by Crippen LogP contribution is 2.06. The molecule has 0 amide bonds. The number of allylic oxidation sites excluding steroid dienone is 3. The maximum absolute atomic E-state index is 10.9. The van der Waals surface area contributed by atoms with Crippen LogP contribution in [0.1, 0.15) is 52.4 Å². The van der Waals surface area contributed by atoms with Gasteiger partial charge in [-0.2, -0.15) is 0 Å². The van der Waals surface area contributed by atoms with E-state index in [2.05, 4.69) is 19.1 Å². The van der Waals surface area contributed by atoms with Crippen molar-refractivity contribution in [2.45, 2.75) is 52.4 Å². The van der Waals surface area contributed by atoms with Crippen LogP contribution in [0, 0.1) is 0 Å². The number of ether oxygens (including phenoxy) is 1. The van der Waals surface area contributed by atoms with Crippen molar-refractivity contribution in [3.63, 3.8) is 0 Å². The Hall–Kier alpha value is -1.05. The average molecular weight is 224 g/mol. The summed E-state index contributed by atoms with van der Waals surface area (Å²) in [6.07, 6.45) is 14.9. The first-order valence-electron chi connectivity index (χ1n) is 6.25. The first-order chi connectivity index (χ1) is 7.81. The first-order valence-corrected chi connectivity index (χ1v) is 6.25. The van der Waals surface area contributed by atoms with Crippen LogP contribution in [0.4, 0.5) is 0 Å². The van der Waals surface area contributed by atoms with Crippen molar-refractivity contribution in [3.8, 4) is 0 Å². The van der Waals surface area contributed by atoms with Gasteiger partial charge in [0.2, 0.25) is 0 Å². The van der Waals surface area contributed by atoms with Gasteiger partial charge in [-0.15, -0.1) is 0 Å². The Kier molecular flexibility index (Phi) is 11.2. The zero-order chi connectivity index (χ0) is 12.1. The fourth-order valence-electron chi connectivity index (χ4n) is 1.41. The third-order valence-corrected chi connectivity index (χ3v) is 2.27. The molecule has 0 aliphatic heterocycles. The lowest BCUT2D eigenvalue weighted by Crippen LogP contribution is -1.98. The molecule has 0 aromatic heterocycles. The smallest absolute Gasteiger partial charge is 0.330 e. The maximum atomic E-state index is 10.9. The Morgan fingerprint density at radius 1 is 1.06 bits per heavy atom. The summed E-state index contributed by atoms with van der Waals surface area (Å²) in [5, 5.41) is 0. The standard InChI is InChI=1S/C14H24O2/c1-3-5-6-7-8-9-10-11-12-13-14(15)16-4-2/h3,5,12-13H,4,6-11H2,1-2H3. The quantitative estimate of drug-likeness (QED) is 0.256. The normalized spacial score (nSPS) is 11.4. The molecule has 2 nitrogen and oxygen atoms in total. The number of esters is 1. The minimum atomic E-state index is -0.226. The van der Waals surface area contributed by atoms with Crippen molar-refractivity contribution < 1.29 is 9.53 Å². The Morgan fingerprint density at radius 2 is 1.69 bits per heavy atom. The third kappa shape index (κ3) is 11.0. The van der Waals surface area contributed by atoms with Gasteiger partial charge in [0.15, 0.2) is 0 Å². The van der Waals surface area contributed by atoms with Gasteiger partial charge in [0.25, 0.3) is 0 Å². The second-order valence-electron chi connectivity index (χ2n) is 3.72. The molecule has 0 aliphatic rings. The summed E-state index contributed by atoms with van der Waals surface area (Å²) in [7, 11) is 0. The van der Waals surface area contributed by atoms with Crippen LogP contribution in [0.15, 0.2) is 24.3 Å². The monoisotopic (exact) mass is 224 g/mol. The van der Waals surface area contributed by atoms with Crippen LogP contribution in [0.2, 0.25) is 0 Å². The molecule has 0 atom stereocenters. The summed E-state index contributed by atoms with van der Waals surface area (Å²) in [5.41, 5.74) is 0. The van der Waals surface area contributed by atoms with Crippen molar-refractivity contribution in [2.75, 3.05) is 6.61 Å². The van der Waals surface area contributed by atoms with E-state index in [1.54, 1.807) is 0 Å². The molecule has 0 heterocycles. The molecule has 16 heavy (non-hydrogen) atoms.